The van der Waals surface area contributed by atoms with E-state index in [9.17, 15) is 9.59 Å². The molecule has 2 amide bonds. The highest BCUT2D eigenvalue weighted by Gasteiger charge is 2.48. The molecular formula is C19H26N2O2. The fourth-order valence-electron chi connectivity index (χ4n) is 3.93. The van der Waals surface area contributed by atoms with Gasteiger partial charge in [0, 0.05) is 18.2 Å². The van der Waals surface area contributed by atoms with Gasteiger partial charge in [0.25, 0.3) is 0 Å². The standard InChI is InChI=1S/C19H26N2O2/c1-13-8-9-16(14(2)12-13)21-17(22)10-11-19(21,3)18(23)20-15-6-4-5-7-15/h8-9,12,15H,4-7,10-11H2,1-3H3,(H,20,23)/t19-/m1/s1. The molecule has 1 aliphatic heterocycles. The quantitative estimate of drug-likeness (QED) is 0.931. The molecule has 1 saturated carbocycles. The molecule has 2 aliphatic rings. The third-order valence-corrected chi connectivity index (χ3v) is 5.34. The number of amides is 2. The van der Waals surface area contributed by atoms with Gasteiger partial charge in [-0.1, -0.05) is 30.5 Å². The fraction of sp³-hybridized carbons (Fsp3) is 0.579. The number of nitrogens with one attached hydrogen (secondary N) is 1. The summed E-state index contributed by atoms with van der Waals surface area (Å²) >= 11 is 0. The predicted molar refractivity (Wildman–Crippen MR) is 91.4 cm³/mol. The first-order valence-electron chi connectivity index (χ1n) is 8.63. The normalized spacial score (nSPS) is 25.2. The highest BCUT2D eigenvalue weighted by Crippen LogP contribution is 2.37. The van der Waals surface area contributed by atoms with Crippen molar-refractivity contribution in [3.8, 4) is 0 Å². The van der Waals surface area contributed by atoms with Gasteiger partial charge in [0.2, 0.25) is 11.8 Å². The van der Waals surface area contributed by atoms with Crippen molar-refractivity contribution in [3.63, 3.8) is 0 Å². The van der Waals surface area contributed by atoms with Crippen LogP contribution in [0.1, 0.15) is 56.6 Å². The van der Waals surface area contributed by atoms with E-state index in [4.69, 9.17) is 0 Å². The SMILES string of the molecule is Cc1ccc(N2C(=O)CC[C@]2(C)C(=O)NC2CCCC2)c(C)c1. The van der Waals surface area contributed by atoms with Gasteiger partial charge in [0.05, 0.1) is 0 Å². The van der Waals surface area contributed by atoms with Crippen LogP contribution in [0.3, 0.4) is 0 Å². The van der Waals surface area contributed by atoms with E-state index in [0.717, 1.165) is 29.7 Å². The molecule has 124 valence electrons. The van der Waals surface area contributed by atoms with E-state index in [2.05, 4.69) is 11.4 Å². The minimum Gasteiger partial charge on any atom is -0.351 e. The van der Waals surface area contributed by atoms with Crippen LogP contribution >= 0.6 is 0 Å². The van der Waals surface area contributed by atoms with E-state index in [-0.39, 0.29) is 17.9 Å². The second-order valence-corrected chi connectivity index (χ2v) is 7.25. The number of hydrogen-bond acceptors (Lipinski definition) is 2. The number of rotatable bonds is 3. The van der Waals surface area contributed by atoms with Crippen LogP contribution in [0.5, 0.6) is 0 Å². The van der Waals surface area contributed by atoms with Gasteiger partial charge in [-0.05, 0) is 51.7 Å². The van der Waals surface area contributed by atoms with Crippen LogP contribution in [0.4, 0.5) is 5.69 Å². The zero-order valence-corrected chi connectivity index (χ0v) is 14.3. The summed E-state index contributed by atoms with van der Waals surface area (Å²) in [7, 11) is 0. The molecule has 1 aliphatic carbocycles. The molecule has 1 saturated heterocycles. The van der Waals surface area contributed by atoms with Crippen molar-refractivity contribution >= 4 is 17.5 Å². The largest absolute Gasteiger partial charge is 0.351 e. The Hall–Kier alpha value is -1.84. The van der Waals surface area contributed by atoms with Crippen molar-refractivity contribution in [2.24, 2.45) is 0 Å². The van der Waals surface area contributed by atoms with Crippen LogP contribution in [-0.2, 0) is 9.59 Å². The Bertz CT molecular complexity index is 634. The Labute approximate surface area is 138 Å². The molecule has 0 spiro atoms. The molecule has 0 aromatic heterocycles. The Morgan fingerprint density at radius 2 is 1.96 bits per heavy atom. The first-order valence-corrected chi connectivity index (χ1v) is 8.63. The Balaban J connectivity index is 1.89. The lowest BCUT2D eigenvalue weighted by molar-refractivity contribution is -0.127. The molecule has 0 unspecified atom stereocenters. The average molecular weight is 314 g/mol. The molecular weight excluding hydrogens is 288 g/mol. The van der Waals surface area contributed by atoms with Crippen molar-refractivity contribution in [2.75, 3.05) is 4.90 Å². The van der Waals surface area contributed by atoms with Crippen molar-refractivity contribution < 1.29 is 9.59 Å². The Morgan fingerprint density at radius 3 is 2.61 bits per heavy atom. The molecule has 4 heteroatoms. The number of carbonyl (C=O) groups excluding carboxylic acids is 2. The second kappa shape index (κ2) is 5.99. The van der Waals surface area contributed by atoms with E-state index >= 15 is 0 Å². The number of anilines is 1. The zero-order chi connectivity index (χ0) is 16.6. The zero-order valence-electron chi connectivity index (χ0n) is 14.3. The summed E-state index contributed by atoms with van der Waals surface area (Å²) in [5.41, 5.74) is 2.29. The van der Waals surface area contributed by atoms with E-state index in [1.807, 2.05) is 32.9 Å². The summed E-state index contributed by atoms with van der Waals surface area (Å²) in [5, 5.41) is 3.18. The minimum absolute atomic E-state index is 0.00442. The summed E-state index contributed by atoms with van der Waals surface area (Å²) in [6, 6.07) is 6.31. The molecule has 1 heterocycles. The van der Waals surface area contributed by atoms with Crippen molar-refractivity contribution in [3.05, 3.63) is 29.3 Å². The van der Waals surface area contributed by atoms with Gasteiger partial charge in [0.15, 0.2) is 0 Å². The van der Waals surface area contributed by atoms with Crippen molar-refractivity contribution in [1.29, 1.82) is 0 Å². The van der Waals surface area contributed by atoms with Crippen LogP contribution in [-0.4, -0.2) is 23.4 Å². The molecule has 0 bridgehead atoms. The summed E-state index contributed by atoms with van der Waals surface area (Å²) in [6.07, 6.45) is 5.49. The van der Waals surface area contributed by atoms with E-state index in [1.165, 1.54) is 12.8 Å². The molecule has 4 nitrogen and oxygen atoms in total. The van der Waals surface area contributed by atoms with Crippen LogP contribution in [0, 0.1) is 13.8 Å². The lowest BCUT2D eigenvalue weighted by Gasteiger charge is -2.35. The summed E-state index contributed by atoms with van der Waals surface area (Å²) in [6.45, 7) is 5.94. The lowest BCUT2D eigenvalue weighted by atomic mass is 9.95. The van der Waals surface area contributed by atoms with E-state index < -0.39 is 5.54 Å². The third kappa shape index (κ3) is 2.87. The number of hydrogen-bond donors (Lipinski definition) is 1. The number of carbonyl (C=O) groups is 2. The monoisotopic (exact) mass is 314 g/mol. The van der Waals surface area contributed by atoms with Gasteiger partial charge < -0.3 is 5.32 Å². The first-order chi connectivity index (χ1) is 10.9. The van der Waals surface area contributed by atoms with E-state index in [1.54, 1.807) is 4.90 Å². The molecule has 1 aromatic carbocycles. The average Bonchev–Trinajstić information content (AvgIpc) is 3.10. The lowest BCUT2D eigenvalue weighted by Crippen LogP contribution is -2.56. The molecule has 1 aromatic rings. The van der Waals surface area contributed by atoms with Gasteiger partial charge >= 0.3 is 0 Å². The molecule has 0 radical (unpaired) electrons. The maximum Gasteiger partial charge on any atom is 0.246 e. The van der Waals surface area contributed by atoms with Crippen LogP contribution in [0.25, 0.3) is 0 Å². The predicted octanol–water partition coefficient (Wildman–Crippen LogP) is 3.25. The van der Waals surface area contributed by atoms with Gasteiger partial charge in [-0.3, -0.25) is 14.5 Å². The van der Waals surface area contributed by atoms with Gasteiger partial charge in [-0.25, -0.2) is 0 Å². The Morgan fingerprint density at radius 1 is 1.26 bits per heavy atom. The highest BCUT2D eigenvalue weighted by atomic mass is 16.2. The number of benzene rings is 1. The third-order valence-electron chi connectivity index (χ3n) is 5.34. The van der Waals surface area contributed by atoms with Crippen LogP contribution in [0.15, 0.2) is 18.2 Å². The molecule has 1 N–H and O–H groups in total. The minimum atomic E-state index is -0.778. The van der Waals surface area contributed by atoms with E-state index in [0.29, 0.717) is 12.8 Å². The number of aryl methyl sites for hydroxylation is 2. The highest BCUT2D eigenvalue weighted by molar-refractivity contribution is 6.07. The summed E-state index contributed by atoms with van der Waals surface area (Å²) < 4.78 is 0. The summed E-state index contributed by atoms with van der Waals surface area (Å²) in [5.74, 6) is 0.0382. The molecule has 1 atom stereocenters. The number of nitrogens with zero attached hydrogens (tertiary/aromatic N) is 1. The second-order valence-electron chi connectivity index (χ2n) is 7.25. The van der Waals surface area contributed by atoms with Crippen molar-refractivity contribution in [1.82, 2.24) is 5.32 Å². The Kier molecular flexibility index (Phi) is 4.17. The summed E-state index contributed by atoms with van der Waals surface area (Å²) in [4.78, 5) is 27.2. The first kappa shape index (κ1) is 16.0. The molecule has 2 fully saturated rings. The topological polar surface area (TPSA) is 49.4 Å². The molecule has 3 rings (SSSR count). The van der Waals surface area contributed by atoms with Crippen molar-refractivity contribution in [2.45, 2.75) is 70.9 Å². The maximum absolute atomic E-state index is 12.9. The van der Waals surface area contributed by atoms with Gasteiger partial charge in [-0.2, -0.15) is 0 Å². The van der Waals surface area contributed by atoms with Crippen LogP contribution in [0.2, 0.25) is 0 Å². The van der Waals surface area contributed by atoms with Crippen LogP contribution < -0.4 is 10.2 Å². The smallest absolute Gasteiger partial charge is 0.246 e. The van der Waals surface area contributed by atoms with Gasteiger partial charge in [-0.15, -0.1) is 0 Å². The maximum atomic E-state index is 12.9. The fourth-order valence-corrected chi connectivity index (χ4v) is 3.93. The molecule has 23 heavy (non-hydrogen) atoms. The van der Waals surface area contributed by atoms with Gasteiger partial charge in [0.1, 0.15) is 5.54 Å².